The van der Waals surface area contributed by atoms with E-state index in [1.54, 1.807) is 6.92 Å². The summed E-state index contributed by atoms with van der Waals surface area (Å²) in [7, 11) is 0. The summed E-state index contributed by atoms with van der Waals surface area (Å²) < 4.78 is 6.57. The smallest absolute Gasteiger partial charge is 0.347 e. The van der Waals surface area contributed by atoms with E-state index in [4.69, 9.17) is 21.9 Å². The molecule has 2 rings (SSSR count). The van der Waals surface area contributed by atoms with E-state index in [2.05, 4.69) is 4.98 Å². The van der Waals surface area contributed by atoms with Crippen molar-refractivity contribution in [2.75, 3.05) is 0 Å². The molecule has 19 heavy (non-hydrogen) atoms. The third kappa shape index (κ3) is 2.83. The number of nitrogens with zero attached hydrogens (tertiary/aromatic N) is 2. The minimum absolute atomic E-state index is 0.0815. The Labute approximate surface area is 113 Å². The van der Waals surface area contributed by atoms with Crippen LogP contribution in [0.1, 0.15) is 21.9 Å². The first-order valence-corrected chi connectivity index (χ1v) is 5.71. The summed E-state index contributed by atoms with van der Waals surface area (Å²) in [6, 6.07) is 1.52. The van der Waals surface area contributed by atoms with Crippen LogP contribution in [0.3, 0.4) is 0 Å². The third-order valence-corrected chi connectivity index (χ3v) is 2.73. The first kappa shape index (κ1) is 13.3. The van der Waals surface area contributed by atoms with Crippen LogP contribution in [0.2, 0.25) is 5.02 Å². The number of amides is 1. The summed E-state index contributed by atoms with van der Waals surface area (Å²) in [5, 5.41) is 0.348. The van der Waals surface area contributed by atoms with Crippen molar-refractivity contribution in [3.05, 3.63) is 51.1 Å². The molecule has 0 aliphatic rings. The number of rotatable bonds is 3. The molecule has 100 valence electrons. The lowest BCUT2D eigenvalue weighted by atomic mass is 10.2. The van der Waals surface area contributed by atoms with Crippen molar-refractivity contribution in [2.45, 2.75) is 13.5 Å². The summed E-state index contributed by atoms with van der Waals surface area (Å²) >= 11 is 5.77. The van der Waals surface area contributed by atoms with Gasteiger partial charge in [0.15, 0.2) is 5.76 Å². The van der Waals surface area contributed by atoms with Gasteiger partial charge in [-0.15, -0.1) is 0 Å². The molecule has 0 fully saturated rings. The Balaban J connectivity index is 2.33. The number of hydrazine groups is 1. The van der Waals surface area contributed by atoms with Crippen molar-refractivity contribution in [3.8, 4) is 0 Å². The first-order valence-electron chi connectivity index (χ1n) is 5.33. The lowest BCUT2D eigenvalue weighted by Crippen LogP contribution is -2.29. The number of furan rings is 1. The fraction of sp³-hybridized carbons (Fsp3) is 0.182. The topological polar surface area (TPSA) is 103 Å². The van der Waals surface area contributed by atoms with E-state index < -0.39 is 11.6 Å². The molecule has 0 unspecified atom stereocenters. The number of aromatic nitrogens is 2. The third-order valence-electron chi connectivity index (χ3n) is 2.54. The molecular weight excluding hydrogens is 272 g/mol. The molecule has 2 aromatic rings. The van der Waals surface area contributed by atoms with Crippen LogP contribution in [0.4, 0.5) is 0 Å². The Hall–Kier alpha value is -2.12. The molecule has 2 aromatic heterocycles. The summed E-state index contributed by atoms with van der Waals surface area (Å²) in [5.41, 5.74) is 2.21. The highest BCUT2D eigenvalue weighted by molar-refractivity contribution is 6.30. The summed E-state index contributed by atoms with van der Waals surface area (Å²) in [4.78, 5) is 26.5. The van der Waals surface area contributed by atoms with Crippen LogP contribution >= 0.6 is 11.6 Å². The van der Waals surface area contributed by atoms with E-state index in [1.807, 2.05) is 5.43 Å². The number of carbonyl (C=O) groups excluding carboxylic acids is 1. The van der Waals surface area contributed by atoms with Crippen LogP contribution in [0.25, 0.3) is 0 Å². The van der Waals surface area contributed by atoms with Crippen LogP contribution in [-0.4, -0.2) is 15.5 Å². The highest BCUT2D eigenvalue weighted by atomic mass is 35.5. The number of nitrogen functional groups attached to an aromatic ring is 1. The number of hydrogen-bond acceptors (Lipinski definition) is 5. The van der Waals surface area contributed by atoms with Crippen LogP contribution < -0.4 is 17.0 Å². The van der Waals surface area contributed by atoms with Gasteiger partial charge < -0.3 is 4.42 Å². The Morgan fingerprint density at radius 2 is 2.37 bits per heavy atom. The minimum atomic E-state index is -0.536. The standard InChI is InChI=1S/C11H11ClN4O3/c1-6-7(2-9(19-6)10(17)15-13)4-16-5-8(12)3-14-11(16)18/h2-3,5H,4,13H2,1H3,(H,15,17). The van der Waals surface area contributed by atoms with E-state index in [9.17, 15) is 9.59 Å². The summed E-state index contributed by atoms with van der Waals surface area (Å²) in [5.74, 6) is 5.08. The van der Waals surface area contributed by atoms with Gasteiger partial charge >= 0.3 is 11.6 Å². The molecule has 0 saturated heterocycles. The number of carbonyl (C=O) groups is 1. The van der Waals surface area contributed by atoms with Crippen LogP contribution in [-0.2, 0) is 6.54 Å². The quantitative estimate of drug-likeness (QED) is 0.483. The van der Waals surface area contributed by atoms with Crippen LogP contribution in [0.15, 0.2) is 27.7 Å². The molecule has 0 saturated carbocycles. The SMILES string of the molecule is Cc1oc(C(=O)NN)cc1Cn1cc(Cl)cnc1=O. The predicted octanol–water partition coefficient (Wildman–Crippen LogP) is 0.450. The summed E-state index contributed by atoms with van der Waals surface area (Å²) in [6.45, 7) is 1.89. The number of hydrogen-bond donors (Lipinski definition) is 2. The van der Waals surface area contributed by atoms with E-state index >= 15 is 0 Å². The van der Waals surface area contributed by atoms with E-state index in [-0.39, 0.29) is 12.3 Å². The average Bonchev–Trinajstić information content (AvgIpc) is 2.74. The normalized spacial score (nSPS) is 10.5. The van der Waals surface area contributed by atoms with Crippen molar-refractivity contribution in [3.63, 3.8) is 0 Å². The van der Waals surface area contributed by atoms with Crippen LogP contribution in [0.5, 0.6) is 0 Å². The monoisotopic (exact) mass is 282 g/mol. The van der Waals surface area contributed by atoms with Gasteiger partial charge in [-0.2, -0.15) is 0 Å². The van der Waals surface area contributed by atoms with Crippen molar-refractivity contribution >= 4 is 17.5 Å². The molecule has 0 radical (unpaired) electrons. The zero-order valence-electron chi connectivity index (χ0n) is 10.0. The van der Waals surface area contributed by atoms with E-state index in [0.717, 1.165) is 0 Å². The molecule has 8 heteroatoms. The van der Waals surface area contributed by atoms with Gasteiger partial charge in [-0.25, -0.2) is 15.6 Å². The van der Waals surface area contributed by atoms with Crippen molar-refractivity contribution in [1.29, 1.82) is 0 Å². The average molecular weight is 283 g/mol. The second-order valence-corrected chi connectivity index (χ2v) is 4.28. The molecule has 0 aliphatic heterocycles. The molecule has 0 bridgehead atoms. The highest BCUT2D eigenvalue weighted by Crippen LogP contribution is 2.15. The molecule has 1 amide bonds. The number of halogens is 1. The molecule has 2 heterocycles. The number of aryl methyl sites for hydroxylation is 1. The Bertz CT molecular complexity index is 677. The first-order chi connectivity index (χ1) is 9.01. The molecule has 0 aliphatic carbocycles. The van der Waals surface area contributed by atoms with Gasteiger partial charge in [0.2, 0.25) is 0 Å². The zero-order valence-corrected chi connectivity index (χ0v) is 10.8. The Morgan fingerprint density at radius 1 is 1.63 bits per heavy atom. The second-order valence-electron chi connectivity index (χ2n) is 3.85. The molecule has 3 N–H and O–H groups in total. The maximum atomic E-state index is 11.5. The van der Waals surface area contributed by atoms with Crippen LogP contribution in [0, 0.1) is 6.92 Å². The molecular formula is C11H11ClN4O3. The van der Waals surface area contributed by atoms with Gasteiger partial charge in [-0.3, -0.25) is 14.8 Å². The van der Waals surface area contributed by atoms with E-state index in [1.165, 1.54) is 23.0 Å². The van der Waals surface area contributed by atoms with Gasteiger partial charge in [0.05, 0.1) is 17.8 Å². The van der Waals surface area contributed by atoms with E-state index in [0.29, 0.717) is 16.3 Å². The maximum Gasteiger partial charge on any atom is 0.347 e. The van der Waals surface area contributed by atoms with Gasteiger partial charge in [0.1, 0.15) is 5.76 Å². The zero-order chi connectivity index (χ0) is 14.0. The second kappa shape index (κ2) is 5.25. The Kier molecular flexibility index (Phi) is 3.68. The fourth-order valence-corrected chi connectivity index (χ4v) is 1.75. The van der Waals surface area contributed by atoms with Crippen molar-refractivity contribution < 1.29 is 9.21 Å². The molecule has 0 atom stereocenters. The minimum Gasteiger partial charge on any atom is -0.456 e. The molecule has 7 nitrogen and oxygen atoms in total. The Morgan fingerprint density at radius 3 is 3.05 bits per heavy atom. The number of nitrogens with one attached hydrogen (secondary N) is 1. The highest BCUT2D eigenvalue weighted by Gasteiger charge is 2.14. The van der Waals surface area contributed by atoms with Gasteiger partial charge in [0, 0.05) is 11.8 Å². The lowest BCUT2D eigenvalue weighted by Gasteiger charge is -2.03. The maximum absolute atomic E-state index is 11.5. The lowest BCUT2D eigenvalue weighted by molar-refractivity contribution is 0.0924. The predicted molar refractivity (Wildman–Crippen MR) is 67.7 cm³/mol. The number of nitrogens with two attached hydrogens (primary N) is 1. The van der Waals surface area contributed by atoms with Gasteiger partial charge in [-0.05, 0) is 13.0 Å². The largest absolute Gasteiger partial charge is 0.456 e. The molecule has 0 spiro atoms. The molecule has 0 aromatic carbocycles. The summed E-state index contributed by atoms with van der Waals surface area (Å²) in [6.07, 6.45) is 2.74. The van der Waals surface area contributed by atoms with Crippen molar-refractivity contribution in [1.82, 2.24) is 15.0 Å². The van der Waals surface area contributed by atoms with Crippen molar-refractivity contribution in [2.24, 2.45) is 5.84 Å². The van der Waals surface area contributed by atoms with Gasteiger partial charge in [0.25, 0.3) is 0 Å². The fourth-order valence-electron chi connectivity index (χ4n) is 1.59. The van der Waals surface area contributed by atoms with Gasteiger partial charge in [-0.1, -0.05) is 11.6 Å².